The van der Waals surface area contributed by atoms with Crippen molar-refractivity contribution in [2.24, 2.45) is 5.41 Å². The van der Waals surface area contributed by atoms with E-state index in [1.54, 1.807) is 12.3 Å². The van der Waals surface area contributed by atoms with Gasteiger partial charge in [0, 0.05) is 26.3 Å². The Morgan fingerprint density at radius 2 is 2.33 bits per heavy atom. The number of halogens is 1. The highest BCUT2D eigenvalue weighted by Crippen LogP contribution is 2.53. The number of pyridine rings is 1. The molecule has 0 amide bonds. The molecule has 3 atom stereocenters. The molecular weight excluding hydrogens is 378 g/mol. The second-order valence-electron chi connectivity index (χ2n) is 6.15. The molecule has 0 radical (unpaired) electrons. The van der Waals surface area contributed by atoms with Crippen LogP contribution in [-0.4, -0.2) is 30.4 Å². The number of aromatic nitrogens is 1. The second-order valence-corrected chi connectivity index (χ2v) is 7.00. The summed E-state index contributed by atoms with van der Waals surface area (Å²) >= 11 is 3.27. The van der Waals surface area contributed by atoms with Gasteiger partial charge in [-0.2, -0.15) is 0 Å². The molecule has 3 heterocycles. The molecule has 1 unspecified atom stereocenters. The lowest BCUT2D eigenvalue weighted by atomic mass is 9.68. The number of methoxy groups -OCH3 is 1. The first-order chi connectivity index (χ1) is 11.4. The molecule has 1 aromatic rings. The minimum absolute atomic E-state index is 0.181. The summed E-state index contributed by atoms with van der Waals surface area (Å²) in [5, 5.41) is 0. The van der Waals surface area contributed by atoms with Gasteiger partial charge in [0.1, 0.15) is 5.69 Å². The lowest BCUT2D eigenvalue weighted by Crippen LogP contribution is -2.52. The Labute approximate surface area is 148 Å². The third-order valence-corrected chi connectivity index (χ3v) is 5.44. The molecule has 1 saturated heterocycles. The number of rotatable bonds is 3. The highest BCUT2D eigenvalue weighted by atomic mass is 79.9. The van der Waals surface area contributed by atoms with Crippen molar-refractivity contribution in [1.29, 1.82) is 0 Å². The van der Waals surface area contributed by atoms with Crippen LogP contribution in [0.1, 0.15) is 31.6 Å². The van der Waals surface area contributed by atoms with Crippen molar-refractivity contribution < 1.29 is 19.0 Å². The molecule has 24 heavy (non-hydrogen) atoms. The van der Waals surface area contributed by atoms with E-state index in [-0.39, 0.29) is 17.3 Å². The Morgan fingerprint density at radius 1 is 1.58 bits per heavy atom. The van der Waals surface area contributed by atoms with Gasteiger partial charge in [-0.25, -0.2) is 0 Å². The fourth-order valence-electron chi connectivity index (χ4n) is 3.79. The average molecular weight is 398 g/mol. The van der Waals surface area contributed by atoms with Gasteiger partial charge in [0.05, 0.1) is 23.1 Å². The van der Waals surface area contributed by atoms with E-state index in [1.807, 2.05) is 4.57 Å². The maximum atomic E-state index is 12.5. The molecule has 2 aliphatic heterocycles. The van der Waals surface area contributed by atoms with Crippen molar-refractivity contribution in [3.8, 4) is 5.75 Å². The third-order valence-electron chi connectivity index (χ3n) is 4.87. The van der Waals surface area contributed by atoms with Gasteiger partial charge in [-0.05, 0) is 28.8 Å². The lowest BCUT2D eigenvalue weighted by Gasteiger charge is -2.50. The molecular formula is C17H20BrNO5. The predicted octanol–water partition coefficient (Wildman–Crippen LogP) is 2.59. The first-order valence-electron chi connectivity index (χ1n) is 7.84. The van der Waals surface area contributed by atoms with Crippen LogP contribution in [0.5, 0.6) is 5.75 Å². The van der Waals surface area contributed by atoms with Gasteiger partial charge in [-0.3, -0.25) is 9.59 Å². The normalized spacial score (nSPS) is 28.5. The molecule has 0 aliphatic carbocycles. The molecule has 0 saturated carbocycles. The fourth-order valence-corrected chi connectivity index (χ4v) is 4.21. The highest BCUT2D eigenvalue weighted by Gasteiger charge is 2.53. The number of hydrogen-bond donors (Lipinski definition) is 0. The minimum Gasteiger partial charge on any atom is -0.491 e. The van der Waals surface area contributed by atoms with Crippen LogP contribution in [0.2, 0.25) is 0 Å². The molecule has 0 aromatic carbocycles. The molecule has 7 heteroatoms. The largest absolute Gasteiger partial charge is 0.491 e. The Bertz CT molecular complexity index is 743. The average Bonchev–Trinajstić information content (AvgIpc) is 2.56. The van der Waals surface area contributed by atoms with Gasteiger partial charge < -0.3 is 18.8 Å². The number of ether oxygens (including phenoxy) is 3. The number of hydrogen-bond acceptors (Lipinski definition) is 5. The van der Waals surface area contributed by atoms with Crippen LogP contribution in [0, 0.1) is 5.41 Å². The summed E-state index contributed by atoms with van der Waals surface area (Å²) in [5.74, 6) is -0.239. The second kappa shape index (κ2) is 6.37. The topological polar surface area (TPSA) is 66.8 Å². The minimum atomic E-state index is -0.678. The zero-order valence-corrected chi connectivity index (χ0v) is 15.3. The number of fused-ring (bicyclic) bond motifs is 2. The highest BCUT2D eigenvalue weighted by molar-refractivity contribution is 9.10. The number of esters is 1. The Balaban J connectivity index is 2.28. The van der Waals surface area contributed by atoms with Crippen LogP contribution in [0.15, 0.2) is 28.1 Å². The predicted molar refractivity (Wildman–Crippen MR) is 91.1 cm³/mol. The van der Waals surface area contributed by atoms with Gasteiger partial charge in [0.15, 0.2) is 11.9 Å². The molecule has 1 aromatic heterocycles. The first kappa shape index (κ1) is 17.2. The van der Waals surface area contributed by atoms with Crippen molar-refractivity contribution in [2.75, 3.05) is 13.7 Å². The zero-order valence-electron chi connectivity index (χ0n) is 13.7. The van der Waals surface area contributed by atoms with Crippen molar-refractivity contribution in [2.45, 2.75) is 38.5 Å². The SMILES string of the molecule is C=C[C@]12CCCO[C@@H]1Cn1cc(Br)c(=O)c(OC)c1C2OC(C)=O. The molecule has 6 nitrogen and oxygen atoms in total. The van der Waals surface area contributed by atoms with Crippen LogP contribution in [0.4, 0.5) is 0 Å². The van der Waals surface area contributed by atoms with Crippen LogP contribution in [-0.2, 0) is 20.8 Å². The molecule has 2 aliphatic rings. The van der Waals surface area contributed by atoms with Gasteiger partial charge in [-0.15, -0.1) is 6.58 Å². The van der Waals surface area contributed by atoms with Crippen molar-refractivity contribution in [3.63, 3.8) is 0 Å². The lowest BCUT2D eigenvalue weighted by molar-refractivity contribution is -0.176. The summed E-state index contributed by atoms with van der Waals surface area (Å²) in [5.41, 5.74) is -0.282. The maximum Gasteiger partial charge on any atom is 0.303 e. The summed E-state index contributed by atoms with van der Waals surface area (Å²) in [4.78, 5) is 24.2. The van der Waals surface area contributed by atoms with E-state index in [9.17, 15) is 9.59 Å². The molecule has 1 fully saturated rings. The van der Waals surface area contributed by atoms with E-state index in [0.29, 0.717) is 23.3 Å². The molecule has 3 rings (SSSR count). The number of carbonyl (C=O) groups is 1. The smallest absolute Gasteiger partial charge is 0.303 e. The van der Waals surface area contributed by atoms with E-state index in [1.165, 1.54) is 14.0 Å². The van der Waals surface area contributed by atoms with Gasteiger partial charge in [0.25, 0.3) is 0 Å². The van der Waals surface area contributed by atoms with Crippen molar-refractivity contribution >= 4 is 21.9 Å². The van der Waals surface area contributed by atoms with E-state index >= 15 is 0 Å². The summed E-state index contributed by atoms with van der Waals surface area (Å²) in [6, 6.07) is 0. The zero-order chi connectivity index (χ0) is 17.5. The van der Waals surface area contributed by atoms with Gasteiger partial charge >= 0.3 is 5.97 Å². The van der Waals surface area contributed by atoms with Crippen LogP contribution in [0.25, 0.3) is 0 Å². The van der Waals surface area contributed by atoms with Crippen LogP contribution >= 0.6 is 15.9 Å². The number of carbonyl (C=O) groups excluding carboxylic acids is 1. The monoisotopic (exact) mass is 397 g/mol. The first-order valence-corrected chi connectivity index (χ1v) is 8.63. The molecule has 130 valence electrons. The fraction of sp³-hybridized carbons (Fsp3) is 0.529. The number of nitrogens with zero attached hydrogens (tertiary/aromatic N) is 1. The van der Waals surface area contributed by atoms with E-state index < -0.39 is 17.5 Å². The van der Waals surface area contributed by atoms with Crippen molar-refractivity contribution in [3.05, 3.63) is 39.2 Å². The Hall–Kier alpha value is -1.60. The third kappa shape index (κ3) is 2.50. The van der Waals surface area contributed by atoms with E-state index in [2.05, 4.69) is 22.5 Å². The standard InChI is InChI=1S/C17H20BrNO5/c1-4-17-6-5-7-23-12(17)9-19-8-11(18)14(21)15(22-3)13(19)16(17)24-10(2)20/h4,8,12,16H,1,5-7,9H2,2-3H3/t12-,16?,17+/m1/s1. The molecule has 0 bridgehead atoms. The van der Waals surface area contributed by atoms with Crippen LogP contribution < -0.4 is 10.2 Å². The Morgan fingerprint density at radius 3 is 2.96 bits per heavy atom. The van der Waals surface area contributed by atoms with Crippen molar-refractivity contribution in [1.82, 2.24) is 4.57 Å². The summed E-state index contributed by atoms with van der Waals surface area (Å²) in [7, 11) is 1.44. The molecule has 0 N–H and O–H groups in total. The molecule has 0 spiro atoms. The Kier molecular flexibility index (Phi) is 4.57. The van der Waals surface area contributed by atoms with Gasteiger partial charge in [0.2, 0.25) is 5.43 Å². The quantitative estimate of drug-likeness (QED) is 0.579. The van der Waals surface area contributed by atoms with E-state index in [0.717, 1.165) is 12.8 Å². The summed E-state index contributed by atoms with van der Waals surface area (Å²) < 4.78 is 19.3. The maximum absolute atomic E-state index is 12.5. The van der Waals surface area contributed by atoms with Crippen LogP contribution in [0.3, 0.4) is 0 Å². The summed E-state index contributed by atoms with van der Waals surface area (Å²) in [6.45, 7) is 6.53. The summed E-state index contributed by atoms with van der Waals surface area (Å²) in [6.07, 6.45) is 4.25. The van der Waals surface area contributed by atoms with E-state index in [4.69, 9.17) is 14.2 Å². The van der Waals surface area contributed by atoms with Gasteiger partial charge in [-0.1, -0.05) is 6.08 Å².